The normalized spacial score (nSPS) is 14.1. The monoisotopic (exact) mass is 953 g/mol. The predicted molar refractivity (Wildman–Crippen MR) is 279 cm³/mol. The number of aliphatic hydroxyl groups is 2. The molecule has 0 rings (SSSR count). The molecule has 0 aliphatic rings. The van der Waals surface area contributed by atoms with E-state index in [1.54, 1.807) is 0 Å². The van der Waals surface area contributed by atoms with Crippen molar-refractivity contribution in [1.29, 1.82) is 0 Å². The topological polar surface area (TPSA) is 132 Å². The standard InChI is InChI=1S/C56H105O9P/c1-3-5-7-9-11-13-15-17-19-21-23-25-26-27-29-31-33-35-37-39-41-43-45-47-49-62-52-55(53-64-66(60,61)63-51-54(58)50-57)65-56(59)48-46-44-42-40-38-36-34-32-30-28-24-22-20-18-16-14-12-10-8-6-4-2/h16,18,21-24,30,32,54-55,57-58H,3-15,17,19-20,25-29,31,33-53H2,1-2H3,(H,60,61)/b18-16-,23-21-,24-22-,32-30-. The number of rotatable bonds is 53. The fourth-order valence-corrected chi connectivity index (χ4v) is 8.56. The molecule has 0 aromatic heterocycles. The molecule has 0 aromatic carbocycles. The van der Waals surface area contributed by atoms with E-state index in [4.69, 9.17) is 23.6 Å². The van der Waals surface area contributed by atoms with E-state index < -0.39 is 39.2 Å². The Labute approximate surface area is 407 Å². The maximum atomic E-state index is 12.7. The van der Waals surface area contributed by atoms with Crippen LogP contribution in [0.4, 0.5) is 0 Å². The van der Waals surface area contributed by atoms with Crippen molar-refractivity contribution in [2.45, 2.75) is 270 Å². The third-order valence-corrected chi connectivity index (χ3v) is 12.9. The summed E-state index contributed by atoms with van der Waals surface area (Å²) in [6.07, 6.45) is 62.3. The number of hydrogen-bond donors (Lipinski definition) is 3. The van der Waals surface area contributed by atoms with Crippen LogP contribution in [-0.4, -0.2) is 66.3 Å². The molecule has 0 aliphatic carbocycles. The van der Waals surface area contributed by atoms with Crippen LogP contribution >= 0.6 is 7.82 Å². The molecule has 10 heteroatoms. The van der Waals surface area contributed by atoms with Gasteiger partial charge in [-0.1, -0.05) is 223 Å². The summed E-state index contributed by atoms with van der Waals surface area (Å²) in [6.45, 7) is 3.53. The van der Waals surface area contributed by atoms with Gasteiger partial charge in [-0.05, 0) is 77.0 Å². The summed E-state index contributed by atoms with van der Waals surface area (Å²) >= 11 is 0. The van der Waals surface area contributed by atoms with Gasteiger partial charge in [0.2, 0.25) is 0 Å². The summed E-state index contributed by atoms with van der Waals surface area (Å²) in [5, 5.41) is 18.4. The molecular weight excluding hydrogens is 848 g/mol. The number of allylic oxidation sites excluding steroid dienone is 8. The zero-order valence-corrected chi connectivity index (χ0v) is 43.8. The van der Waals surface area contributed by atoms with Crippen molar-refractivity contribution >= 4 is 13.8 Å². The average Bonchev–Trinajstić information content (AvgIpc) is 3.31. The number of hydrogen-bond acceptors (Lipinski definition) is 8. The SMILES string of the molecule is CCCCCCC/C=C\C/C=C\C/C=C\CCCCCCCCC(=O)OC(COCCCCCCCCCCCCCC/C=C\CCCCCCCCCC)COP(=O)(O)OCC(O)CO. The van der Waals surface area contributed by atoms with Crippen molar-refractivity contribution in [2.75, 3.05) is 33.0 Å². The molecule has 3 N–H and O–H groups in total. The molecule has 0 fully saturated rings. The van der Waals surface area contributed by atoms with Gasteiger partial charge in [0.25, 0.3) is 0 Å². The van der Waals surface area contributed by atoms with Gasteiger partial charge >= 0.3 is 13.8 Å². The van der Waals surface area contributed by atoms with Crippen LogP contribution in [0.25, 0.3) is 0 Å². The van der Waals surface area contributed by atoms with Crippen molar-refractivity contribution < 1.29 is 43.0 Å². The van der Waals surface area contributed by atoms with E-state index in [0.717, 1.165) is 57.8 Å². The minimum atomic E-state index is -4.53. The predicted octanol–water partition coefficient (Wildman–Crippen LogP) is 16.5. The molecule has 3 unspecified atom stereocenters. The van der Waals surface area contributed by atoms with Gasteiger partial charge < -0.3 is 24.6 Å². The Hall–Kier alpha value is -1.58. The first-order valence-electron chi connectivity index (χ1n) is 27.6. The highest BCUT2D eigenvalue weighted by atomic mass is 31.2. The van der Waals surface area contributed by atoms with Crippen molar-refractivity contribution in [3.8, 4) is 0 Å². The largest absolute Gasteiger partial charge is 0.472 e. The van der Waals surface area contributed by atoms with Gasteiger partial charge in [0.1, 0.15) is 12.2 Å². The van der Waals surface area contributed by atoms with Gasteiger partial charge in [0, 0.05) is 13.0 Å². The lowest BCUT2D eigenvalue weighted by Gasteiger charge is -2.20. The zero-order chi connectivity index (χ0) is 48.1. The molecule has 0 amide bonds. The molecule has 0 aliphatic heterocycles. The number of phosphoric ester groups is 1. The molecule has 9 nitrogen and oxygen atoms in total. The minimum Gasteiger partial charge on any atom is -0.457 e. The van der Waals surface area contributed by atoms with E-state index in [-0.39, 0.29) is 19.6 Å². The lowest BCUT2D eigenvalue weighted by atomic mass is 10.0. The van der Waals surface area contributed by atoms with Gasteiger partial charge in [-0.2, -0.15) is 0 Å². The summed E-state index contributed by atoms with van der Waals surface area (Å²) in [5.41, 5.74) is 0. The third-order valence-electron chi connectivity index (χ3n) is 12.0. The third kappa shape index (κ3) is 51.8. The van der Waals surface area contributed by atoms with Crippen LogP contribution in [0, 0.1) is 0 Å². The van der Waals surface area contributed by atoms with E-state index >= 15 is 0 Å². The first-order chi connectivity index (χ1) is 32.3. The lowest BCUT2D eigenvalue weighted by Crippen LogP contribution is -2.29. The molecule has 0 bridgehead atoms. The van der Waals surface area contributed by atoms with Crippen molar-refractivity contribution in [1.82, 2.24) is 0 Å². The van der Waals surface area contributed by atoms with Gasteiger partial charge in [-0.3, -0.25) is 13.8 Å². The summed E-state index contributed by atoms with van der Waals surface area (Å²) in [5.74, 6) is -0.392. The number of phosphoric acid groups is 1. The smallest absolute Gasteiger partial charge is 0.457 e. The molecule has 0 saturated carbocycles. The van der Waals surface area contributed by atoms with Gasteiger partial charge in [0.05, 0.1) is 26.4 Å². The summed E-state index contributed by atoms with van der Waals surface area (Å²) < 4.78 is 33.6. The van der Waals surface area contributed by atoms with Gasteiger partial charge in [0.15, 0.2) is 0 Å². The molecule has 66 heavy (non-hydrogen) atoms. The van der Waals surface area contributed by atoms with Crippen molar-refractivity contribution in [3.63, 3.8) is 0 Å². The van der Waals surface area contributed by atoms with Crippen LogP contribution in [0.5, 0.6) is 0 Å². The number of carbonyl (C=O) groups is 1. The number of ether oxygens (including phenoxy) is 2. The molecule has 0 radical (unpaired) electrons. The Morgan fingerprint density at radius 2 is 0.818 bits per heavy atom. The molecule has 388 valence electrons. The zero-order valence-electron chi connectivity index (χ0n) is 42.9. The summed E-state index contributed by atoms with van der Waals surface area (Å²) in [7, 11) is -4.53. The highest BCUT2D eigenvalue weighted by Gasteiger charge is 2.26. The Balaban J connectivity index is 4.05. The quantitative estimate of drug-likeness (QED) is 0.0236. The van der Waals surface area contributed by atoms with Gasteiger partial charge in [-0.15, -0.1) is 0 Å². The van der Waals surface area contributed by atoms with Gasteiger partial charge in [-0.25, -0.2) is 4.57 Å². The lowest BCUT2D eigenvalue weighted by molar-refractivity contribution is -0.154. The fourth-order valence-electron chi connectivity index (χ4n) is 7.77. The minimum absolute atomic E-state index is 0.0441. The van der Waals surface area contributed by atoms with Crippen LogP contribution in [0.3, 0.4) is 0 Å². The second kappa shape index (κ2) is 52.8. The van der Waals surface area contributed by atoms with E-state index in [0.29, 0.717) is 13.0 Å². The number of carbonyl (C=O) groups excluding carboxylic acids is 1. The highest BCUT2D eigenvalue weighted by molar-refractivity contribution is 7.47. The van der Waals surface area contributed by atoms with E-state index in [9.17, 15) is 19.4 Å². The Morgan fingerprint density at radius 1 is 0.470 bits per heavy atom. The maximum absolute atomic E-state index is 12.7. The average molecular weight is 953 g/mol. The molecule has 3 atom stereocenters. The van der Waals surface area contributed by atoms with Crippen LogP contribution < -0.4 is 0 Å². The molecule has 0 aromatic rings. The first kappa shape index (κ1) is 64.4. The van der Waals surface area contributed by atoms with Crippen LogP contribution in [0.2, 0.25) is 0 Å². The summed E-state index contributed by atoms with van der Waals surface area (Å²) in [4.78, 5) is 22.7. The Bertz CT molecular complexity index is 1170. The van der Waals surface area contributed by atoms with E-state index in [1.165, 1.54) is 173 Å². The van der Waals surface area contributed by atoms with E-state index in [1.807, 2.05) is 0 Å². The fraction of sp³-hybridized carbons (Fsp3) is 0.839. The number of unbranched alkanes of at least 4 members (excludes halogenated alkanes) is 31. The van der Waals surface area contributed by atoms with Crippen molar-refractivity contribution in [2.24, 2.45) is 0 Å². The maximum Gasteiger partial charge on any atom is 0.472 e. The second-order valence-corrected chi connectivity index (χ2v) is 20.1. The number of aliphatic hydroxyl groups excluding tert-OH is 2. The van der Waals surface area contributed by atoms with Crippen molar-refractivity contribution in [3.05, 3.63) is 48.6 Å². The van der Waals surface area contributed by atoms with Crippen LogP contribution in [-0.2, 0) is 27.9 Å². The Kier molecular flexibility index (Phi) is 51.5. The molecule has 0 saturated heterocycles. The Morgan fingerprint density at radius 3 is 1.24 bits per heavy atom. The summed E-state index contributed by atoms with van der Waals surface area (Å²) in [6, 6.07) is 0. The highest BCUT2D eigenvalue weighted by Crippen LogP contribution is 2.43. The number of esters is 1. The van der Waals surface area contributed by atoms with E-state index in [2.05, 4.69) is 62.5 Å². The van der Waals surface area contributed by atoms with Crippen LogP contribution in [0.15, 0.2) is 48.6 Å². The molecular formula is C56H105O9P. The second-order valence-electron chi connectivity index (χ2n) is 18.6. The molecule has 0 spiro atoms. The molecule has 0 heterocycles. The first-order valence-corrected chi connectivity index (χ1v) is 29.1. The van der Waals surface area contributed by atoms with Crippen LogP contribution in [0.1, 0.15) is 258 Å².